The van der Waals surface area contributed by atoms with Crippen molar-refractivity contribution in [1.82, 2.24) is 15.1 Å². The molecule has 3 heteroatoms. The Hall–Kier alpha value is -0.830. The van der Waals surface area contributed by atoms with Crippen LogP contribution in [0, 0.1) is 5.92 Å². The van der Waals surface area contributed by atoms with E-state index in [4.69, 9.17) is 0 Å². The van der Waals surface area contributed by atoms with Gasteiger partial charge in [0.2, 0.25) is 0 Å². The van der Waals surface area contributed by atoms with Crippen LogP contribution in [-0.2, 0) is 13.5 Å². The van der Waals surface area contributed by atoms with Crippen LogP contribution in [0.1, 0.15) is 24.1 Å². The van der Waals surface area contributed by atoms with E-state index in [-0.39, 0.29) is 0 Å². The predicted molar refractivity (Wildman–Crippen MR) is 52.7 cm³/mol. The summed E-state index contributed by atoms with van der Waals surface area (Å²) in [6, 6.07) is 0. The van der Waals surface area contributed by atoms with E-state index in [0.717, 1.165) is 12.5 Å². The fourth-order valence-corrected chi connectivity index (χ4v) is 2.32. The maximum absolute atomic E-state index is 4.29. The fourth-order valence-electron chi connectivity index (χ4n) is 2.32. The first-order valence-corrected chi connectivity index (χ1v) is 4.89. The largest absolute Gasteiger partial charge is 0.319 e. The first-order valence-electron chi connectivity index (χ1n) is 4.89. The second-order valence-corrected chi connectivity index (χ2v) is 4.02. The molecular formula is C10H17N3. The van der Waals surface area contributed by atoms with Crippen LogP contribution in [0.2, 0.25) is 0 Å². The molecule has 1 aromatic rings. The molecule has 0 aromatic carbocycles. The van der Waals surface area contributed by atoms with Gasteiger partial charge in [-0.2, -0.15) is 5.10 Å². The molecule has 0 saturated heterocycles. The minimum absolute atomic E-state index is 0.661. The topological polar surface area (TPSA) is 29.9 Å². The van der Waals surface area contributed by atoms with Crippen molar-refractivity contribution in [2.24, 2.45) is 13.0 Å². The Labute approximate surface area is 79.1 Å². The highest BCUT2D eigenvalue weighted by atomic mass is 15.3. The molecule has 1 aliphatic rings. The lowest BCUT2D eigenvalue weighted by Crippen LogP contribution is -2.19. The zero-order valence-electron chi connectivity index (χ0n) is 8.54. The number of aryl methyl sites for hydroxylation is 1. The first-order chi connectivity index (χ1) is 6.24. The van der Waals surface area contributed by atoms with Crippen LogP contribution in [0.3, 0.4) is 0 Å². The van der Waals surface area contributed by atoms with Gasteiger partial charge < -0.3 is 5.32 Å². The predicted octanol–water partition coefficient (Wildman–Crippen LogP) is 0.915. The normalized spacial score (nSPS) is 26.4. The summed E-state index contributed by atoms with van der Waals surface area (Å²) in [5, 5.41) is 7.55. The third-order valence-corrected chi connectivity index (χ3v) is 3.12. The van der Waals surface area contributed by atoms with Crippen molar-refractivity contribution in [1.29, 1.82) is 0 Å². The summed E-state index contributed by atoms with van der Waals surface area (Å²) in [7, 11) is 4.05. The highest BCUT2D eigenvalue weighted by Crippen LogP contribution is 2.36. The maximum Gasteiger partial charge on any atom is 0.0527 e. The lowest BCUT2D eigenvalue weighted by atomic mass is 9.95. The van der Waals surface area contributed by atoms with Gasteiger partial charge in [0, 0.05) is 25.2 Å². The third kappa shape index (κ3) is 1.27. The molecule has 72 valence electrons. The van der Waals surface area contributed by atoms with Gasteiger partial charge in [-0.25, -0.2) is 0 Å². The highest BCUT2D eigenvalue weighted by molar-refractivity contribution is 5.29. The number of hydrogen-bond acceptors (Lipinski definition) is 2. The van der Waals surface area contributed by atoms with Crippen molar-refractivity contribution >= 4 is 0 Å². The summed E-state index contributed by atoms with van der Waals surface area (Å²) in [6.45, 7) is 3.39. The molecule has 0 aliphatic heterocycles. The molecule has 3 nitrogen and oxygen atoms in total. The molecule has 1 N–H and O–H groups in total. The van der Waals surface area contributed by atoms with Crippen LogP contribution < -0.4 is 5.32 Å². The Kier molecular flexibility index (Phi) is 2.12. The van der Waals surface area contributed by atoms with Crippen LogP contribution in [0.25, 0.3) is 0 Å². The zero-order valence-corrected chi connectivity index (χ0v) is 8.54. The summed E-state index contributed by atoms with van der Waals surface area (Å²) >= 11 is 0. The van der Waals surface area contributed by atoms with Gasteiger partial charge >= 0.3 is 0 Å². The Morgan fingerprint density at radius 3 is 3.15 bits per heavy atom. The van der Waals surface area contributed by atoms with Crippen LogP contribution in [0.15, 0.2) is 6.20 Å². The number of nitrogens with zero attached hydrogens (tertiary/aromatic N) is 2. The van der Waals surface area contributed by atoms with Crippen LogP contribution in [-0.4, -0.2) is 23.4 Å². The van der Waals surface area contributed by atoms with Crippen molar-refractivity contribution < 1.29 is 0 Å². The van der Waals surface area contributed by atoms with E-state index in [2.05, 4.69) is 17.3 Å². The van der Waals surface area contributed by atoms with Gasteiger partial charge in [-0.3, -0.25) is 4.68 Å². The van der Waals surface area contributed by atoms with Gasteiger partial charge in [-0.15, -0.1) is 0 Å². The van der Waals surface area contributed by atoms with Crippen molar-refractivity contribution in [3.05, 3.63) is 17.5 Å². The van der Waals surface area contributed by atoms with Gasteiger partial charge in [-0.1, -0.05) is 6.92 Å². The quantitative estimate of drug-likeness (QED) is 0.731. The first kappa shape index (κ1) is 8.75. The number of fused-ring (bicyclic) bond motifs is 1. The van der Waals surface area contributed by atoms with Gasteiger partial charge in [0.1, 0.15) is 0 Å². The minimum atomic E-state index is 0.661. The smallest absolute Gasteiger partial charge is 0.0527 e. The van der Waals surface area contributed by atoms with Crippen LogP contribution in [0.5, 0.6) is 0 Å². The number of hydrogen-bond donors (Lipinski definition) is 1. The highest BCUT2D eigenvalue weighted by Gasteiger charge is 2.31. The molecule has 0 amide bonds. The van der Waals surface area contributed by atoms with Crippen molar-refractivity contribution in [2.45, 2.75) is 19.3 Å². The van der Waals surface area contributed by atoms with E-state index in [0.29, 0.717) is 5.92 Å². The molecular weight excluding hydrogens is 162 g/mol. The van der Waals surface area contributed by atoms with Gasteiger partial charge in [0.25, 0.3) is 0 Å². The lowest BCUT2D eigenvalue weighted by Gasteiger charge is -2.14. The molecule has 2 rings (SSSR count). The summed E-state index contributed by atoms with van der Waals surface area (Å²) < 4.78 is 2.02. The Bertz CT molecular complexity index is 303. The van der Waals surface area contributed by atoms with E-state index >= 15 is 0 Å². The molecule has 13 heavy (non-hydrogen) atoms. The molecule has 0 radical (unpaired) electrons. The lowest BCUT2D eigenvalue weighted by molar-refractivity contribution is 0.471. The van der Waals surface area contributed by atoms with Crippen molar-refractivity contribution in [2.75, 3.05) is 13.6 Å². The molecule has 2 unspecified atom stereocenters. The standard InChI is InChI=1S/C10H17N3/c1-7-4-10-9(6-12-13(10)3)8(7)5-11-2/h6-8,11H,4-5H2,1-3H3. The maximum atomic E-state index is 4.29. The second-order valence-electron chi connectivity index (χ2n) is 4.02. The molecule has 0 bridgehead atoms. The van der Waals surface area contributed by atoms with E-state index in [1.54, 1.807) is 0 Å². The number of nitrogens with one attached hydrogen (secondary N) is 1. The minimum Gasteiger partial charge on any atom is -0.319 e. The van der Waals surface area contributed by atoms with E-state index in [1.807, 2.05) is 25.0 Å². The Balaban J connectivity index is 2.30. The molecule has 2 atom stereocenters. The fraction of sp³-hybridized carbons (Fsp3) is 0.700. The second kappa shape index (κ2) is 3.14. The summed E-state index contributed by atoms with van der Waals surface area (Å²) in [5.41, 5.74) is 2.87. The molecule has 1 heterocycles. The molecule has 1 aliphatic carbocycles. The zero-order chi connectivity index (χ0) is 9.42. The average molecular weight is 179 g/mol. The van der Waals surface area contributed by atoms with E-state index in [1.165, 1.54) is 17.7 Å². The van der Waals surface area contributed by atoms with E-state index < -0.39 is 0 Å². The van der Waals surface area contributed by atoms with Crippen LogP contribution >= 0.6 is 0 Å². The molecule has 0 saturated carbocycles. The summed E-state index contributed by atoms with van der Waals surface area (Å²) in [6.07, 6.45) is 3.21. The van der Waals surface area contributed by atoms with Gasteiger partial charge in [0.05, 0.1) is 6.20 Å². The number of aromatic nitrogens is 2. The summed E-state index contributed by atoms with van der Waals surface area (Å²) in [5.74, 6) is 1.42. The molecule has 0 fully saturated rings. The van der Waals surface area contributed by atoms with Gasteiger partial charge in [-0.05, 0) is 24.9 Å². The number of rotatable bonds is 2. The van der Waals surface area contributed by atoms with Crippen molar-refractivity contribution in [3.8, 4) is 0 Å². The molecule has 1 aromatic heterocycles. The third-order valence-electron chi connectivity index (χ3n) is 3.12. The van der Waals surface area contributed by atoms with Gasteiger partial charge in [0.15, 0.2) is 0 Å². The monoisotopic (exact) mass is 179 g/mol. The average Bonchev–Trinajstić information content (AvgIpc) is 2.58. The number of likely N-dealkylation sites (N-methyl/N-ethyl adjacent to an activating group) is 1. The van der Waals surface area contributed by atoms with Crippen LogP contribution in [0.4, 0.5) is 0 Å². The van der Waals surface area contributed by atoms with E-state index in [9.17, 15) is 0 Å². The summed E-state index contributed by atoms with van der Waals surface area (Å²) in [4.78, 5) is 0. The Morgan fingerprint density at radius 2 is 2.46 bits per heavy atom. The molecule has 0 spiro atoms. The Morgan fingerprint density at radius 1 is 1.69 bits per heavy atom. The SMILES string of the molecule is CNCC1c2cnn(C)c2CC1C. The van der Waals surface area contributed by atoms with Crippen molar-refractivity contribution in [3.63, 3.8) is 0 Å².